The number of hydrogen-bond acceptors (Lipinski definition) is 6. The van der Waals surface area contributed by atoms with Crippen molar-refractivity contribution in [3.05, 3.63) is 23.5 Å². The number of carbonyl (C=O) groups excluding carboxylic acids is 1. The SMILES string of the molecule is Nc1nc(CC(=O)Nc2cnn(CC3CCCO3)c2)cs1. The minimum absolute atomic E-state index is 0.128. The molecular formula is C13H17N5O2S. The molecule has 0 radical (unpaired) electrons. The third kappa shape index (κ3) is 3.79. The van der Waals surface area contributed by atoms with Crippen LogP contribution in [-0.2, 0) is 22.5 Å². The molecule has 3 N–H and O–H groups in total. The number of ether oxygens (including phenoxy) is 1. The van der Waals surface area contributed by atoms with Gasteiger partial charge in [-0.1, -0.05) is 0 Å². The molecule has 112 valence electrons. The molecule has 3 rings (SSSR count). The number of nitrogens with one attached hydrogen (secondary N) is 1. The Morgan fingerprint density at radius 1 is 1.62 bits per heavy atom. The van der Waals surface area contributed by atoms with Crippen LogP contribution < -0.4 is 11.1 Å². The molecule has 1 amide bonds. The molecule has 0 saturated carbocycles. The largest absolute Gasteiger partial charge is 0.376 e. The first-order chi connectivity index (χ1) is 10.2. The van der Waals surface area contributed by atoms with Crippen molar-refractivity contribution in [1.29, 1.82) is 0 Å². The quantitative estimate of drug-likeness (QED) is 0.867. The first-order valence-corrected chi connectivity index (χ1v) is 7.71. The minimum Gasteiger partial charge on any atom is -0.376 e. The van der Waals surface area contributed by atoms with Crippen molar-refractivity contribution in [2.45, 2.75) is 31.9 Å². The van der Waals surface area contributed by atoms with E-state index in [1.807, 2.05) is 6.20 Å². The van der Waals surface area contributed by atoms with Crippen molar-refractivity contribution >= 4 is 28.1 Å². The monoisotopic (exact) mass is 307 g/mol. The smallest absolute Gasteiger partial charge is 0.230 e. The van der Waals surface area contributed by atoms with Crippen LogP contribution in [0.4, 0.5) is 10.8 Å². The van der Waals surface area contributed by atoms with Gasteiger partial charge in [0.1, 0.15) is 0 Å². The molecule has 21 heavy (non-hydrogen) atoms. The van der Waals surface area contributed by atoms with E-state index in [1.54, 1.807) is 16.3 Å². The lowest BCUT2D eigenvalue weighted by molar-refractivity contribution is -0.115. The van der Waals surface area contributed by atoms with Gasteiger partial charge in [0.2, 0.25) is 5.91 Å². The number of aromatic nitrogens is 3. The highest BCUT2D eigenvalue weighted by Crippen LogP contribution is 2.15. The van der Waals surface area contributed by atoms with E-state index < -0.39 is 0 Å². The number of nitrogen functional groups attached to an aromatic ring is 1. The summed E-state index contributed by atoms with van der Waals surface area (Å²) in [7, 11) is 0. The topological polar surface area (TPSA) is 95.1 Å². The number of anilines is 2. The van der Waals surface area contributed by atoms with Crippen LogP contribution in [0, 0.1) is 0 Å². The Bertz CT molecular complexity index is 618. The van der Waals surface area contributed by atoms with E-state index in [1.165, 1.54) is 11.3 Å². The van der Waals surface area contributed by atoms with Gasteiger partial charge >= 0.3 is 0 Å². The van der Waals surface area contributed by atoms with Crippen molar-refractivity contribution < 1.29 is 9.53 Å². The van der Waals surface area contributed by atoms with Crippen molar-refractivity contribution in [2.75, 3.05) is 17.7 Å². The molecule has 1 aliphatic heterocycles. The van der Waals surface area contributed by atoms with E-state index in [2.05, 4.69) is 15.4 Å². The summed E-state index contributed by atoms with van der Waals surface area (Å²) in [6.45, 7) is 1.55. The zero-order valence-corrected chi connectivity index (χ0v) is 12.3. The lowest BCUT2D eigenvalue weighted by Gasteiger charge is -2.08. The molecular weight excluding hydrogens is 290 g/mol. The highest BCUT2D eigenvalue weighted by Gasteiger charge is 2.16. The third-order valence-electron chi connectivity index (χ3n) is 3.24. The maximum atomic E-state index is 11.9. The summed E-state index contributed by atoms with van der Waals surface area (Å²) in [6.07, 6.45) is 6.06. The fourth-order valence-electron chi connectivity index (χ4n) is 2.30. The molecule has 0 bridgehead atoms. The van der Waals surface area contributed by atoms with Crippen LogP contribution in [0.1, 0.15) is 18.5 Å². The van der Waals surface area contributed by atoms with E-state index in [-0.39, 0.29) is 18.4 Å². The van der Waals surface area contributed by atoms with Gasteiger partial charge in [-0.25, -0.2) is 4.98 Å². The Labute approximate surface area is 126 Å². The average Bonchev–Trinajstić information content (AvgIpc) is 3.15. The molecule has 0 aliphatic carbocycles. The van der Waals surface area contributed by atoms with E-state index in [0.717, 1.165) is 26.0 Å². The molecule has 1 fully saturated rings. The highest BCUT2D eigenvalue weighted by atomic mass is 32.1. The summed E-state index contributed by atoms with van der Waals surface area (Å²) < 4.78 is 7.36. The van der Waals surface area contributed by atoms with Crippen LogP contribution in [0.25, 0.3) is 0 Å². The van der Waals surface area contributed by atoms with Gasteiger partial charge in [0, 0.05) is 18.2 Å². The average molecular weight is 307 g/mol. The standard InChI is InChI=1S/C13H17N5O2S/c14-13-17-9(8-21-13)4-12(19)16-10-5-15-18(6-10)7-11-2-1-3-20-11/h5-6,8,11H,1-4,7H2,(H2,14,17)(H,16,19). The minimum atomic E-state index is -0.128. The Hall–Kier alpha value is -1.93. The normalized spacial score (nSPS) is 18.0. The predicted octanol–water partition coefficient (Wildman–Crippen LogP) is 1.28. The highest BCUT2D eigenvalue weighted by molar-refractivity contribution is 7.13. The van der Waals surface area contributed by atoms with Crippen LogP contribution >= 0.6 is 11.3 Å². The Balaban J connectivity index is 1.52. The lowest BCUT2D eigenvalue weighted by Crippen LogP contribution is -2.16. The molecule has 8 heteroatoms. The molecule has 2 aromatic heterocycles. The number of nitrogens with two attached hydrogens (primary N) is 1. The van der Waals surface area contributed by atoms with Crippen LogP contribution in [0.15, 0.2) is 17.8 Å². The molecule has 1 saturated heterocycles. The second-order valence-electron chi connectivity index (χ2n) is 4.99. The van der Waals surface area contributed by atoms with Crippen LogP contribution in [0.2, 0.25) is 0 Å². The maximum Gasteiger partial charge on any atom is 0.230 e. The van der Waals surface area contributed by atoms with E-state index in [4.69, 9.17) is 10.5 Å². The molecule has 7 nitrogen and oxygen atoms in total. The Morgan fingerprint density at radius 2 is 2.52 bits per heavy atom. The molecule has 0 spiro atoms. The van der Waals surface area contributed by atoms with E-state index >= 15 is 0 Å². The van der Waals surface area contributed by atoms with Crippen LogP contribution in [-0.4, -0.2) is 33.4 Å². The van der Waals surface area contributed by atoms with Gasteiger partial charge in [0.15, 0.2) is 5.13 Å². The molecule has 1 atom stereocenters. The zero-order valence-electron chi connectivity index (χ0n) is 11.5. The van der Waals surface area contributed by atoms with Crippen molar-refractivity contribution in [1.82, 2.24) is 14.8 Å². The van der Waals surface area contributed by atoms with Gasteiger partial charge in [-0.15, -0.1) is 11.3 Å². The van der Waals surface area contributed by atoms with Crippen molar-refractivity contribution in [2.24, 2.45) is 0 Å². The van der Waals surface area contributed by atoms with Crippen molar-refractivity contribution in [3.63, 3.8) is 0 Å². The second-order valence-corrected chi connectivity index (χ2v) is 5.88. The van der Waals surface area contributed by atoms with Gasteiger partial charge in [0.05, 0.1) is 36.6 Å². The summed E-state index contributed by atoms with van der Waals surface area (Å²) in [5.41, 5.74) is 6.90. The van der Waals surface area contributed by atoms with Gasteiger partial charge in [-0.3, -0.25) is 9.48 Å². The first-order valence-electron chi connectivity index (χ1n) is 6.83. The van der Waals surface area contributed by atoms with Crippen LogP contribution in [0.3, 0.4) is 0 Å². The van der Waals surface area contributed by atoms with E-state index in [0.29, 0.717) is 16.5 Å². The third-order valence-corrected chi connectivity index (χ3v) is 3.97. The summed E-state index contributed by atoms with van der Waals surface area (Å²) in [5.74, 6) is -0.128. The number of amides is 1. The lowest BCUT2D eigenvalue weighted by atomic mass is 10.2. The Kier molecular flexibility index (Phi) is 4.16. The second kappa shape index (κ2) is 6.23. The van der Waals surface area contributed by atoms with E-state index in [9.17, 15) is 4.79 Å². The number of hydrogen-bond donors (Lipinski definition) is 2. The molecule has 1 unspecified atom stereocenters. The summed E-state index contributed by atoms with van der Waals surface area (Å²) >= 11 is 1.33. The number of nitrogens with zero attached hydrogens (tertiary/aromatic N) is 3. The number of rotatable bonds is 5. The molecule has 0 aromatic carbocycles. The van der Waals surface area contributed by atoms with Crippen LogP contribution in [0.5, 0.6) is 0 Å². The maximum absolute atomic E-state index is 11.9. The summed E-state index contributed by atoms with van der Waals surface area (Å²) in [4.78, 5) is 16.0. The number of carbonyl (C=O) groups is 1. The summed E-state index contributed by atoms with van der Waals surface area (Å²) in [5, 5.41) is 9.30. The van der Waals surface area contributed by atoms with Gasteiger partial charge in [-0.05, 0) is 12.8 Å². The number of thiazole rings is 1. The summed E-state index contributed by atoms with van der Waals surface area (Å²) in [6, 6.07) is 0. The zero-order chi connectivity index (χ0) is 14.7. The fourth-order valence-corrected chi connectivity index (χ4v) is 2.86. The predicted molar refractivity (Wildman–Crippen MR) is 80.1 cm³/mol. The fraction of sp³-hybridized carbons (Fsp3) is 0.462. The first kappa shape index (κ1) is 14.0. The van der Waals surface area contributed by atoms with Gasteiger partial charge in [-0.2, -0.15) is 5.10 Å². The van der Waals surface area contributed by atoms with Crippen molar-refractivity contribution in [3.8, 4) is 0 Å². The van der Waals surface area contributed by atoms with Gasteiger partial charge < -0.3 is 15.8 Å². The Morgan fingerprint density at radius 3 is 3.24 bits per heavy atom. The molecule has 1 aliphatic rings. The van der Waals surface area contributed by atoms with Gasteiger partial charge in [0.25, 0.3) is 0 Å². The molecule has 3 heterocycles. The molecule has 2 aromatic rings.